The Bertz CT molecular complexity index is 621. The Labute approximate surface area is 109 Å². The number of aryl methyl sites for hydroxylation is 2. The second-order valence-electron chi connectivity index (χ2n) is 4.24. The van der Waals surface area contributed by atoms with E-state index in [9.17, 15) is 9.18 Å². The fourth-order valence-corrected chi connectivity index (χ4v) is 1.77. The van der Waals surface area contributed by atoms with Crippen LogP contribution in [0.3, 0.4) is 0 Å². The van der Waals surface area contributed by atoms with Crippen LogP contribution in [0.15, 0.2) is 30.3 Å². The van der Waals surface area contributed by atoms with Gasteiger partial charge in [-0.2, -0.15) is 0 Å². The van der Waals surface area contributed by atoms with Gasteiger partial charge in [-0.25, -0.2) is 14.2 Å². The lowest BCUT2D eigenvalue weighted by atomic mass is 10.2. The third-order valence-electron chi connectivity index (χ3n) is 2.68. The van der Waals surface area contributed by atoms with Gasteiger partial charge in [0.1, 0.15) is 11.6 Å². The van der Waals surface area contributed by atoms with Crippen LogP contribution in [-0.4, -0.2) is 16.1 Å². The second kappa shape index (κ2) is 5.06. The molecule has 1 aromatic heterocycles. The Balaban J connectivity index is 2.41. The van der Waals surface area contributed by atoms with Crippen LogP contribution in [0.5, 0.6) is 0 Å². The van der Waals surface area contributed by atoms with E-state index in [1.807, 2.05) is 0 Å². The van der Waals surface area contributed by atoms with Crippen molar-refractivity contribution in [2.75, 3.05) is 5.32 Å². The molecule has 19 heavy (non-hydrogen) atoms. The van der Waals surface area contributed by atoms with Crippen molar-refractivity contribution < 1.29 is 14.3 Å². The van der Waals surface area contributed by atoms with Crippen molar-refractivity contribution in [2.45, 2.75) is 13.8 Å². The Kier molecular flexibility index (Phi) is 3.46. The first-order valence-electron chi connectivity index (χ1n) is 5.71. The first-order chi connectivity index (χ1) is 8.97. The van der Waals surface area contributed by atoms with Crippen LogP contribution >= 0.6 is 0 Å². The van der Waals surface area contributed by atoms with E-state index in [1.54, 1.807) is 26.0 Å². The number of hydrogen-bond acceptors (Lipinski definition) is 3. The molecule has 0 radical (unpaired) electrons. The SMILES string of the molecule is Cc1cc(C(=O)O)cc(Nc2c(C)cccc2F)n1. The van der Waals surface area contributed by atoms with E-state index < -0.39 is 11.8 Å². The third kappa shape index (κ3) is 2.88. The number of carbonyl (C=O) groups is 1. The third-order valence-corrected chi connectivity index (χ3v) is 2.68. The molecule has 0 unspecified atom stereocenters. The van der Waals surface area contributed by atoms with Gasteiger partial charge in [-0.1, -0.05) is 12.1 Å². The van der Waals surface area contributed by atoms with Crippen molar-refractivity contribution >= 4 is 17.5 Å². The Morgan fingerprint density at radius 3 is 2.68 bits per heavy atom. The van der Waals surface area contributed by atoms with Gasteiger partial charge in [-0.15, -0.1) is 0 Å². The molecular formula is C14H13FN2O2. The number of carboxylic acid groups (broad SMARTS) is 1. The number of aromatic nitrogens is 1. The largest absolute Gasteiger partial charge is 0.478 e. The van der Waals surface area contributed by atoms with Gasteiger partial charge in [-0.05, 0) is 37.6 Å². The number of hydrogen-bond donors (Lipinski definition) is 2. The van der Waals surface area contributed by atoms with E-state index in [2.05, 4.69) is 10.3 Å². The zero-order valence-corrected chi connectivity index (χ0v) is 10.6. The van der Waals surface area contributed by atoms with Crippen molar-refractivity contribution in [2.24, 2.45) is 0 Å². The minimum atomic E-state index is -1.04. The summed E-state index contributed by atoms with van der Waals surface area (Å²) in [4.78, 5) is 15.1. The number of nitrogens with one attached hydrogen (secondary N) is 1. The summed E-state index contributed by atoms with van der Waals surface area (Å²) in [5, 5.41) is 11.8. The van der Waals surface area contributed by atoms with Gasteiger partial charge >= 0.3 is 5.97 Å². The smallest absolute Gasteiger partial charge is 0.335 e. The number of rotatable bonds is 3. The molecule has 0 atom stereocenters. The van der Waals surface area contributed by atoms with Crippen LogP contribution in [0.25, 0.3) is 0 Å². The van der Waals surface area contributed by atoms with Gasteiger partial charge < -0.3 is 10.4 Å². The molecule has 0 saturated heterocycles. The van der Waals surface area contributed by atoms with Crippen LogP contribution in [-0.2, 0) is 0 Å². The minimum absolute atomic E-state index is 0.115. The lowest BCUT2D eigenvalue weighted by Gasteiger charge is -2.11. The predicted molar refractivity (Wildman–Crippen MR) is 70.4 cm³/mol. The summed E-state index contributed by atoms with van der Waals surface area (Å²) in [5.74, 6) is -1.13. The zero-order chi connectivity index (χ0) is 14.0. The number of anilines is 2. The van der Waals surface area contributed by atoms with Crippen LogP contribution in [0.1, 0.15) is 21.6 Å². The number of carboxylic acids is 1. The molecule has 0 aliphatic rings. The topological polar surface area (TPSA) is 62.2 Å². The van der Waals surface area contributed by atoms with Crippen molar-refractivity contribution in [1.29, 1.82) is 0 Å². The van der Waals surface area contributed by atoms with E-state index in [0.29, 0.717) is 17.2 Å². The Morgan fingerprint density at radius 2 is 2.05 bits per heavy atom. The standard InChI is InChI=1S/C14H13FN2O2/c1-8-4-3-5-11(15)13(8)17-12-7-10(14(18)19)6-9(2)16-12/h3-7H,1-2H3,(H,16,17)(H,18,19). The zero-order valence-electron chi connectivity index (χ0n) is 10.6. The fourth-order valence-electron chi connectivity index (χ4n) is 1.77. The molecule has 5 heteroatoms. The maximum absolute atomic E-state index is 13.7. The first kappa shape index (κ1) is 13.0. The molecule has 2 N–H and O–H groups in total. The molecule has 0 bridgehead atoms. The first-order valence-corrected chi connectivity index (χ1v) is 5.71. The number of para-hydroxylation sites is 1. The second-order valence-corrected chi connectivity index (χ2v) is 4.24. The average Bonchev–Trinajstić information content (AvgIpc) is 2.33. The van der Waals surface area contributed by atoms with Crippen LogP contribution in [0, 0.1) is 19.7 Å². The number of nitrogens with zero attached hydrogens (tertiary/aromatic N) is 1. The van der Waals surface area contributed by atoms with Gasteiger partial charge in [0.25, 0.3) is 0 Å². The fraction of sp³-hybridized carbons (Fsp3) is 0.143. The highest BCUT2D eigenvalue weighted by atomic mass is 19.1. The number of pyridine rings is 1. The van der Waals surface area contributed by atoms with Gasteiger partial charge in [0.2, 0.25) is 0 Å². The van der Waals surface area contributed by atoms with E-state index in [0.717, 1.165) is 5.56 Å². The summed E-state index contributed by atoms with van der Waals surface area (Å²) in [5.41, 5.74) is 1.69. The maximum atomic E-state index is 13.7. The van der Waals surface area contributed by atoms with Gasteiger partial charge in [0, 0.05) is 5.69 Å². The molecule has 2 aromatic rings. The van der Waals surface area contributed by atoms with Gasteiger partial charge in [-0.3, -0.25) is 0 Å². The van der Waals surface area contributed by atoms with E-state index in [4.69, 9.17) is 5.11 Å². The normalized spacial score (nSPS) is 10.3. The van der Waals surface area contributed by atoms with Gasteiger partial charge in [0.05, 0.1) is 11.3 Å². The summed E-state index contributed by atoms with van der Waals surface area (Å²) in [6.45, 7) is 3.45. The molecule has 0 spiro atoms. The Hall–Kier alpha value is -2.43. The highest BCUT2D eigenvalue weighted by Gasteiger charge is 2.10. The van der Waals surface area contributed by atoms with Crippen LogP contribution in [0.2, 0.25) is 0 Å². The van der Waals surface area contributed by atoms with Crippen molar-refractivity contribution in [3.8, 4) is 0 Å². The molecule has 1 aromatic carbocycles. The summed E-state index contributed by atoms with van der Waals surface area (Å²) in [6, 6.07) is 7.55. The monoisotopic (exact) mass is 260 g/mol. The van der Waals surface area contributed by atoms with Crippen LogP contribution in [0.4, 0.5) is 15.9 Å². The molecule has 0 saturated carbocycles. The van der Waals surface area contributed by atoms with Gasteiger partial charge in [0.15, 0.2) is 0 Å². The van der Waals surface area contributed by atoms with Crippen molar-refractivity contribution in [3.05, 3.63) is 53.0 Å². The molecule has 0 fully saturated rings. The highest BCUT2D eigenvalue weighted by Crippen LogP contribution is 2.23. The molecule has 1 heterocycles. The molecule has 4 nitrogen and oxygen atoms in total. The highest BCUT2D eigenvalue weighted by molar-refractivity contribution is 5.88. The van der Waals surface area contributed by atoms with Crippen LogP contribution < -0.4 is 5.32 Å². The van der Waals surface area contributed by atoms with E-state index in [1.165, 1.54) is 18.2 Å². The quantitative estimate of drug-likeness (QED) is 0.889. The molecule has 0 aliphatic heterocycles. The molecule has 98 valence electrons. The Morgan fingerprint density at radius 1 is 1.32 bits per heavy atom. The maximum Gasteiger partial charge on any atom is 0.335 e. The lowest BCUT2D eigenvalue weighted by molar-refractivity contribution is 0.0696. The minimum Gasteiger partial charge on any atom is -0.478 e. The summed E-state index contributed by atoms with van der Waals surface area (Å²) in [7, 11) is 0. The van der Waals surface area contributed by atoms with Crippen molar-refractivity contribution in [3.63, 3.8) is 0 Å². The molecule has 2 rings (SSSR count). The average molecular weight is 260 g/mol. The van der Waals surface area contributed by atoms with Crippen molar-refractivity contribution in [1.82, 2.24) is 4.98 Å². The number of halogens is 1. The summed E-state index contributed by atoms with van der Waals surface area (Å²) in [6.07, 6.45) is 0. The lowest BCUT2D eigenvalue weighted by Crippen LogP contribution is -2.03. The number of aromatic carboxylic acids is 1. The summed E-state index contributed by atoms with van der Waals surface area (Å²) >= 11 is 0. The number of benzene rings is 1. The molecular weight excluding hydrogens is 247 g/mol. The summed E-state index contributed by atoms with van der Waals surface area (Å²) < 4.78 is 13.7. The van der Waals surface area contributed by atoms with E-state index in [-0.39, 0.29) is 5.56 Å². The molecule has 0 aliphatic carbocycles. The van der Waals surface area contributed by atoms with E-state index >= 15 is 0 Å². The predicted octanol–water partition coefficient (Wildman–Crippen LogP) is 3.28. The molecule has 0 amide bonds.